The van der Waals surface area contributed by atoms with Crippen molar-refractivity contribution < 1.29 is 33.8 Å². The highest BCUT2D eigenvalue weighted by molar-refractivity contribution is 8.13. The molecule has 0 saturated heterocycles. The van der Waals surface area contributed by atoms with Gasteiger partial charge in [-0.05, 0) is 50.1 Å². The van der Waals surface area contributed by atoms with E-state index in [2.05, 4.69) is 15.5 Å². The lowest BCUT2D eigenvalue weighted by Gasteiger charge is -2.25. The van der Waals surface area contributed by atoms with Gasteiger partial charge in [0, 0.05) is 47.4 Å². The van der Waals surface area contributed by atoms with Crippen molar-refractivity contribution in [2.24, 2.45) is 5.92 Å². The van der Waals surface area contributed by atoms with E-state index in [9.17, 15) is 29.1 Å². The first kappa shape index (κ1) is 30.6. The Hall–Kier alpha value is -3.96. The lowest BCUT2D eigenvalue weighted by Crippen LogP contribution is -2.60. The highest BCUT2D eigenvalue weighted by Gasteiger charge is 2.48. The van der Waals surface area contributed by atoms with Crippen LogP contribution in [0.25, 0.3) is 5.57 Å². The molecular weight excluding hydrogens is 534 g/mol. The molecule has 40 heavy (non-hydrogen) atoms. The fourth-order valence-electron chi connectivity index (χ4n) is 4.59. The normalized spacial score (nSPS) is 17.1. The number of carbonyl (C=O) groups excluding carboxylic acids is 4. The first-order valence-corrected chi connectivity index (χ1v) is 13.9. The third-order valence-electron chi connectivity index (χ3n) is 6.54. The minimum absolute atomic E-state index is 0.0427. The molecule has 1 aliphatic heterocycles. The average Bonchev–Trinajstić information content (AvgIpc) is 3.24. The van der Waals surface area contributed by atoms with Crippen LogP contribution in [-0.4, -0.2) is 53.0 Å². The second kappa shape index (κ2) is 13.4. The van der Waals surface area contributed by atoms with Crippen molar-refractivity contribution in [2.75, 3.05) is 12.9 Å². The van der Waals surface area contributed by atoms with Gasteiger partial charge in [-0.2, -0.15) is 10.2 Å². The highest BCUT2D eigenvalue weighted by atomic mass is 32.2. The van der Waals surface area contributed by atoms with Gasteiger partial charge in [-0.3, -0.25) is 14.4 Å². The van der Waals surface area contributed by atoms with Crippen LogP contribution >= 0.6 is 11.8 Å². The number of fused-ring (bicyclic) bond motifs is 1. The van der Waals surface area contributed by atoms with Gasteiger partial charge in [-0.1, -0.05) is 41.8 Å². The monoisotopic (exact) mass is 568 g/mol. The molecule has 3 N–H and O–H groups in total. The summed E-state index contributed by atoms with van der Waals surface area (Å²) in [4.78, 5) is 61.9. The smallest absolute Gasteiger partial charge is 0.465 e. The van der Waals surface area contributed by atoms with E-state index in [1.165, 1.54) is 44.5 Å². The number of amides is 3. The van der Waals surface area contributed by atoms with E-state index < -0.39 is 22.6 Å². The molecule has 10 nitrogen and oxygen atoms in total. The predicted octanol–water partition coefficient (Wildman–Crippen LogP) is 4.75. The van der Waals surface area contributed by atoms with Crippen molar-refractivity contribution in [3.05, 3.63) is 71.4 Å². The van der Waals surface area contributed by atoms with Gasteiger partial charge < -0.3 is 15.2 Å². The number of thioether (sulfide) groups is 1. The molecule has 2 aromatic carbocycles. The van der Waals surface area contributed by atoms with E-state index in [1.807, 2.05) is 13.8 Å². The Morgan fingerprint density at radius 1 is 1.02 bits per heavy atom. The first-order chi connectivity index (χ1) is 19.0. The molecule has 1 heterocycles. The van der Waals surface area contributed by atoms with E-state index in [1.54, 1.807) is 24.3 Å². The van der Waals surface area contributed by atoms with Gasteiger partial charge in [0.2, 0.25) is 5.91 Å². The van der Waals surface area contributed by atoms with Crippen molar-refractivity contribution in [1.29, 1.82) is 0 Å². The molecule has 2 aromatic rings. The van der Waals surface area contributed by atoms with E-state index in [4.69, 9.17) is 0 Å². The number of carboxylic acid groups (broad SMARTS) is 1. The molecule has 212 valence electrons. The second-order valence-corrected chi connectivity index (χ2v) is 10.8. The van der Waals surface area contributed by atoms with Crippen LogP contribution in [0.5, 0.6) is 0 Å². The van der Waals surface area contributed by atoms with Gasteiger partial charge in [-0.15, -0.1) is 0 Å². The van der Waals surface area contributed by atoms with Crippen LogP contribution in [0.1, 0.15) is 66.3 Å². The molecule has 2 unspecified atom stereocenters. The van der Waals surface area contributed by atoms with Crippen molar-refractivity contribution in [2.45, 2.75) is 46.1 Å². The summed E-state index contributed by atoms with van der Waals surface area (Å²) < 4.78 is 3.72. The SMILES string of the molecule is CCCC(CSC(C)=O)C(=O)N[C@H](C)CC1=C[N+](NC(=O)c2ccc(C(=O)OC)cc2)(C(=O)O)c2ccccc21. The summed E-state index contributed by atoms with van der Waals surface area (Å²) in [5.41, 5.74) is 4.68. The van der Waals surface area contributed by atoms with E-state index in [0.29, 0.717) is 35.4 Å². The maximum absolute atomic E-state index is 13.2. The number of benzene rings is 2. The largest absolute Gasteiger partial charge is 0.549 e. The molecule has 1 aliphatic rings. The minimum atomic E-state index is -1.32. The number of hydrogen-bond acceptors (Lipinski definition) is 7. The predicted molar refractivity (Wildman–Crippen MR) is 153 cm³/mol. The highest BCUT2D eigenvalue weighted by Crippen LogP contribution is 2.41. The first-order valence-electron chi connectivity index (χ1n) is 12.9. The van der Waals surface area contributed by atoms with Crippen LogP contribution in [0.2, 0.25) is 0 Å². The zero-order valence-corrected chi connectivity index (χ0v) is 23.7. The molecule has 3 amide bonds. The van der Waals surface area contributed by atoms with Gasteiger partial charge in [0.15, 0.2) is 10.8 Å². The van der Waals surface area contributed by atoms with E-state index in [0.717, 1.165) is 18.2 Å². The number of para-hydroxylation sites is 1. The molecule has 0 saturated carbocycles. The van der Waals surface area contributed by atoms with Gasteiger partial charge in [0.1, 0.15) is 6.20 Å². The Morgan fingerprint density at radius 2 is 1.68 bits per heavy atom. The maximum atomic E-state index is 13.2. The van der Waals surface area contributed by atoms with Crippen LogP contribution in [-0.2, 0) is 14.3 Å². The van der Waals surface area contributed by atoms with Crippen LogP contribution in [0.15, 0.2) is 54.7 Å². The van der Waals surface area contributed by atoms with E-state index in [-0.39, 0.29) is 34.1 Å². The zero-order valence-electron chi connectivity index (χ0n) is 22.9. The topological polar surface area (TPSA) is 139 Å². The van der Waals surface area contributed by atoms with Gasteiger partial charge >= 0.3 is 12.1 Å². The number of rotatable bonds is 10. The van der Waals surface area contributed by atoms with Crippen molar-refractivity contribution in [3.63, 3.8) is 0 Å². The Bertz CT molecular complexity index is 1330. The second-order valence-electron chi connectivity index (χ2n) is 9.59. The Morgan fingerprint density at radius 3 is 2.27 bits per heavy atom. The third kappa shape index (κ3) is 6.97. The molecule has 11 heteroatoms. The fourth-order valence-corrected chi connectivity index (χ4v) is 5.34. The number of carbonyl (C=O) groups is 5. The summed E-state index contributed by atoms with van der Waals surface area (Å²) in [5.74, 6) is -1.28. The van der Waals surface area contributed by atoms with Gasteiger partial charge in [0.25, 0.3) is 5.91 Å². The minimum Gasteiger partial charge on any atom is -0.465 e. The molecule has 0 fully saturated rings. The van der Waals surface area contributed by atoms with E-state index >= 15 is 0 Å². The molecule has 0 aromatic heterocycles. The lowest BCUT2D eigenvalue weighted by molar-refractivity contribution is -0.125. The van der Waals surface area contributed by atoms with Gasteiger partial charge in [0.05, 0.1) is 12.7 Å². The standard InChI is InChI=1S/C29H33N3O7S/c1-5-8-22(17-40-19(3)33)26(34)30-18(2)15-23-16-32(29(37)38,25-10-7-6-9-24(23)25)31-27(35)20-11-13-21(14-12-20)28(36)39-4/h6-7,9-14,16,18,22H,5,8,15,17H2,1-4H3,(H2-,30,31,34,35,37,38)/p+1/t18-,22?,32?/m1/s1. The molecule has 0 radical (unpaired) electrons. The number of hydrogen-bond donors (Lipinski definition) is 3. The van der Waals surface area contributed by atoms with Crippen LogP contribution < -0.4 is 15.3 Å². The summed E-state index contributed by atoms with van der Waals surface area (Å²) in [6.45, 7) is 5.28. The van der Waals surface area contributed by atoms with Crippen molar-refractivity contribution >= 4 is 52.0 Å². The summed E-state index contributed by atoms with van der Waals surface area (Å²) in [5, 5.41) is 13.3. The number of nitrogens with zero attached hydrogens (tertiary/aromatic N) is 1. The summed E-state index contributed by atoms with van der Waals surface area (Å²) in [7, 11) is 1.25. The summed E-state index contributed by atoms with van der Waals surface area (Å²) >= 11 is 1.13. The average molecular weight is 569 g/mol. The Labute approximate surface area is 237 Å². The van der Waals surface area contributed by atoms with Crippen LogP contribution in [0, 0.1) is 5.92 Å². The fraction of sp³-hybridized carbons (Fsp3) is 0.345. The Balaban J connectivity index is 1.84. The molecule has 3 rings (SSSR count). The van der Waals surface area contributed by atoms with Crippen molar-refractivity contribution in [1.82, 2.24) is 15.3 Å². The quantitative estimate of drug-likeness (QED) is 0.276. The molecule has 0 bridgehead atoms. The molecule has 3 atom stereocenters. The van der Waals surface area contributed by atoms with Gasteiger partial charge in [-0.25, -0.2) is 4.79 Å². The van der Waals surface area contributed by atoms with Crippen LogP contribution in [0.4, 0.5) is 10.5 Å². The lowest BCUT2D eigenvalue weighted by atomic mass is 9.99. The van der Waals surface area contributed by atoms with Crippen molar-refractivity contribution in [3.8, 4) is 0 Å². The summed E-state index contributed by atoms with van der Waals surface area (Å²) in [6, 6.07) is 12.2. The molecular formula is C29H34N3O7S+. The third-order valence-corrected chi connectivity index (χ3v) is 7.51. The summed E-state index contributed by atoms with van der Waals surface area (Å²) in [6.07, 6.45) is 1.91. The molecule has 0 aliphatic carbocycles. The molecule has 0 spiro atoms. The zero-order chi connectivity index (χ0) is 29.4. The number of esters is 1. The number of quaternary nitrogens is 1. The number of methoxy groups -OCH3 is 1. The van der Waals surface area contributed by atoms with Crippen LogP contribution in [0.3, 0.4) is 0 Å². The maximum Gasteiger partial charge on any atom is 0.549 e. The number of nitrogens with one attached hydrogen (secondary N) is 2. The number of ether oxygens (including phenoxy) is 1. The Kier molecular flexibility index (Phi) is 10.2.